The third kappa shape index (κ3) is 4.17. The number of urea groups is 1. The Labute approximate surface area is 183 Å². The molecule has 0 bridgehead atoms. The molecule has 0 spiro atoms. The lowest BCUT2D eigenvalue weighted by molar-refractivity contribution is -0.141. The summed E-state index contributed by atoms with van der Waals surface area (Å²) in [6, 6.07) is 14.5. The van der Waals surface area contributed by atoms with Crippen molar-refractivity contribution in [1.29, 1.82) is 0 Å². The molecule has 1 aromatic heterocycles. The first kappa shape index (κ1) is 21.8. The van der Waals surface area contributed by atoms with Gasteiger partial charge in [-0.15, -0.1) is 0 Å². The largest absolute Gasteiger partial charge is 0.433 e. The number of carbonyl (C=O) groups is 2. The Morgan fingerprint density at radius 1 is 1.09 bits per heavy atom. The summed E-state index contributed by atoms with van der Waals surface area (Å²) >= 11 is 0. The summed E-state index contributed by atoms with van der Waals surface area (Å²) in [4.78, 5) is 32.5. The highest BCUT2D eigenvalue weighted by Gasteiger charge is 2.41. The van der Waals surface area contributed by atoms with Gasteiger partial charge in [0.1, 0.15) is 5.69 Å². The van der Waals surface area contributed by atoms with Gasteiger partial charge >= 0.3 is 12.2 Å². The Kier molecular flexibility index (Phi) is 5.62. The molecule has 0 radical (unpaired) electrons. The highest BCUT2D eigenvalue weighted by Crippen LogP contribution is 2.31. The standard InChI is InChI=1S/C24H22F3N3O2/c1-15(2)20-13-29(19-9-10-22(28-12-19)24(25,26)27)23(32)30(20)14-21(31)18-8-7-16-5-3-4-6-17(16)11-18/h3-12,15,20H,13-14H2,1-2H3/t20-/m1/s1. The van der Waals surface area contributed by atoms with Gasteiger partial charge < -0.3 is 4.90 Å². The first-order valence-corrected chi connectivity index (χ1v) is 10.3. The lowest BCUT2D eigenvalue weighted by atomic mass is 10.0. The average molecular weight is 441 g/mol. The fourth-order valence-electron chi connectivity index (χ4n) is 3.95. The highest BCUT2D eigenvalue weighted by atomic mass is 19.4. The van der Waals surface area contributed by atoms with E-state index in [2.05, 4.69) is 4.98 Å². The van der Waals surface area contributed by atoms with Crippen LogP contribution in [-0.4, -0.2) is 40.8 Å². The molecule has 2 amide bonds. The van der Waals surface area contributed by atoms with Crippen molar-refractivity contribution < 1.29 is 22.8 Å². The van der Waals surface area contributed by atoms with E-state index in [0.29, 0.717) is 5.56 Å². The monoisotopic (exact) mass is 441 g/mol. The maximum atomic E-state index is 13.1. The number of fused-ring (bicyclic) bond motifs is 1. The van der Waals surface area contributed by atoms with E-state index >= 15 is 0 Å². The third-order valence-corrected chi connectivity index (χ3v) is 5.75. The second kappa shape index (κ2) is 8.26. The van der Waals surface area contributed by atoms with Crippen molar-refractivity contribution in [3.05, 3.63) is 72.1 Å². The summed E-state index contributed by atoms with van der Waals surface area (Å²) in [5.41, 5.74) is -0.236. The zero-order valence-corrected chi connectivity index (χ0v) is 17.6. The van der Waals surface area contributed by atoms with E-state index in [-0.39, 0.29) is 36.5 Å². The Balaban J connectivity index is 1.57. The van der Waals surface area contributed by atoms with E-state index in [1.54, 1.807) is 12.1 Å². The number of carbonyl (C=O) groups excluding carboxylic acids is 2. The highest BCUT2D eigenvalue weighted by molar-refractivity contribution is 6.04. The van der Waals surface area contributed by atoms with Gasteiger partial charge in [-0.2, -0.15) is 13.2 Å². The Hall–Kier alpha value is -3.42. The van der Waals surface area contributed by atoms with Gasteiger partial charge in [0, 0.05) is 12.1 Å². The minimum atomic E-state index is -4.55. The zero-order valence-electron chi connectivity index (χ0n) is 17.6. The van der Waals surface area contributed by atoms with Crippen molar-refractivity contribution in [2.24, 2.45) is 5.92 Å². The molecule has 0 N–H and O–H groups in total. The van der Waals surface area contributed by atoms with Gasteiger partial charge in [0.25, 0.3) is 0 Å². The van der Waals surface area contributed by atoms with Crippen LogP contribution < -0.4 is 4.90 Å². The quantitative estimate of drug-likeness (QED) is 0.498. The number of ketones is 1. The number of halogens is 3. The van der Waals surface area contributed by atoms with Gasteiger partial charge in [0.2, 0.25) is 0 Å². The second-order valence-electron chi connectivity index (χ2n) is 8.22. The topological polar surface area (TPSA) is 53.5 Å². The van der Waals surface area contributed by atoms with Crippen molar-refractivity contribution in [3.63, 3.8) is 0 Å². The number of anilines is 1. The fourth-order valence-corrected chi connectivity index (χ4v) is 3.95. The van der Waals surface area contributed by atoms with Crippen molar-refractivity contribution in [2.45, 2.75) is 26.1 Å². The lowest BCUT2D eigenvalue weighted by Gasteiger charge is -2.25. The number of aromatic nitrogens is 1. The Morgan fingerprint density at radius 3 is 2.44 bits per heavy atom. The SMILES string of the molecule is CC(C)[C@H]1CN(c2ccc(C(F)(F)F)nc2)C(=O)N1CC(=O)c1ccc2ccccc2c1. The molecule has 0 unspecified atom stereocenters. The minimum Gasteiger partial charge on any atom is -0.312 e. The Morgan fingerprint density at radius 2 is 1.81 bits per heavy atom. The smallest absolute Gasteiger partial charge is 0.312 e. The van der Waals surface area contributed by atoms with E-state index in [4.69, 9.17) is 0 Å². The van der Waals surface area contributed by atoms with Crippen LogP contribution in [0.3, 0.4) is 0 Å². The van der Waals surface area contributed by atoms with Crippen LogP contribution in [0.5, 0.6) is 0 Å². The number of benzene rings is 2. The van der Waals surface area contributed by atoms with Gasteiger partial charge in [0.05, 0.1) is 24.5 Å². The fraction of sp³-hybridized carbons (Fsp3) is 0.292. The maximum Gasteiger partial charge on any atom is 0.433 e. The molecule has 2 heterocycles. The molecule has 5 nitrogen and oxygen atoms in total. The molecule has 0 saturated carbocycles. The van der Waals surface area contributed by atoms with Gasteiger partial charge in [-0.05, 0) is 34.9 Å². The minimum absolute atomic E-state index is 0.0516. The van der Waals surface area contributed by atoms with E-state index in [1.165, 1.54) is 15.9 Å². The van der Waals surface area contributed by atoms with E-state index in [1.807, 2.05) is 44.2 Å². The number of nitrogens with zero attached hydrogens (tertiary/aromatic N) is 3. The second-order valence-corrected chi connectivity index (χ2v) is 8.22. The van der Waals surface area contributed by atoms with E-state index in [9.17, 15) is 22.8 Å². The molecule has 32 heavy (non-hydrogen) atoms. The maximum absolute atomic E-state index is 13.1. The molecule has 1 fully saturated rings. The number of alkyl halides is 3. The molecule has 3 aromatic rings. The number of hydrogen-bond acceptors (Lipinski definition) is 3. The van der Waals surface area contributed by atoms with Crippen LogP contribution in [-0.2, 0) is 6.18 Å². The molecular weight excluding hydrogens is 419 g/mol. The molecule has 166 valence electrons. The summed E-state index contributed by atoms with van der Waals surface area (Å²) in [5.74, 6) is -0.141. The molecular formula is C24H22F3N3O2. The van der Waals surface area contributed by atoms with Crippen LogP contribution in [0.15, 0.2) is 60.8 Å². The molecule has 2 aromatic carbocycles. The normalized spacial score (nSPS) is 16.9. The summed E-state index contributed by atoms with van der Waals surface area (Å²) in [7, 11) is 0. The molecule has 8 heteroatoms. The van der Waals surface area contributed by atoms with Crippen LogP contribution in [0.25, 0.3) is 10.8 Å². The van der Waals surface area contributed by atoms with Gasteiger partial charge in [-0.25, -0.2) is 9.78 Å². The lowest BCUT2D eigenvalue weighted by Crippen LogP contribution is -2.41. The van der Waals surface area contributed by atoms with Crippen molar-refractivity contribution in [2.75, 3.05) is 18.0 Å². The molecule has 1 aliphatic heterocycles. The van der Waals surface area contributed by atoms with Crippen molar-refractivity contribution in [1.82, 2.24) is 9.88 Å². The van der Waals surface area contributed by atoms with Crippen LogP contribution in [0.4, 0.5) is 23.7 Å². The van der Waals surface area contributed by atoms with Gasteiger partial charge in [0.15, 0.2) is 5.78 Å². The molecule has 1 atom stereocenters. The molecule has 1 saturated heterocycles. The summed E-state index contributed by atoms with van der Waals surface area (Å²) in [6.07, 6.45) is -3.50. The van der Waals surface area contributed by atoms with Crippen LogP contribution in [0, 0.1) is 5.92 Å². The molecule has 0 aliphatic carbocycles. The molecule has 4 rings (SSSR count). The summed E-state index contributed by atoms with van der Waals surface area (Å²) in [5, 5.41) is 1.95. The first-order valence-electron chi connectivity index (χ1n) is 10.3. The number of rotatable bonds is 5. The van der Waals surface area contributed by atoms with Crippen molar-refractivity contribution in [3.8, 4) is 0 Å². The van der Waals surface area contributed by atoms with Gasteiger partial charge in [-0.1, -0.05) is 50.2 Å². The van der Waals surface area contributed by atoms with Crippen LogP contribution >= 0.6 is 0 Å². The number of hydrogen-bond donors (Lipinski definition) is 0. The first-order chi connectivity index (χ1) is 15.1. The van der Waals surface area contributed by atoms with Crippen LogP contribution in [0.1, 0.15) is 29.9 Å². The predicted molar refractivity (Wildman–Crippen MR) is 116 cm³/mol. The zero-order chi connectivity index (χ0) is 23.0. The summed E-state index contributed by atoms with van der Waals surface area (Å²) in [6.45, 7) is 4.05. The Bertz CT molecular complexity index is 1160. The van der Waals surface area contributed by atoms with Gasteiger partial charge in [-0.3, -0.25) is 9.69 Å². The van der Waals surface area contributed by atoms with Crippen LogP contribution in [0.2, 0.25) is 0 Å². The predicted octanol–water partition coefficient (Wildman–Crippen LogP) is 5.40. The van der Waals surface area contributed by atoms with E-state index in [0.717, 1.165) is 23.0 Å². The number of amides is 2. The van der Waals surface area contributed by atoms with E-state index < -0.39 is 17.9 Å². The average Bonchev–Trinajstić information content (AvgIpc) is 3.09. The number of pyridine rings is 1. The number of Topliss-reactive ketones (excluding diaryl/α,β-unsaturated/α-hetero) is 1. The van der Waals surface area contributed by atoms with Crippen molar-refractivity contribution >= 4 is 28.3 Å². The third-order valence-electron chi connectivity index (χ3n) is 5.75. The molecule has 1 aliphatic rings. The summed E-state index contributed by atoms with van der Waals surface area (Å²) < 4.78 is 38.5.